The van der Waals surface area contributed by atoms with Crippen LogP contribution in [-0.2, 0) is 11.2 Å². The summed E-state index contributed by atoms with van der Waals surface area (Å²) < 4.78 is 5.49. The second kappa shape index (κ2) is 2.93. The molecule has 0 aromatic carbocycles. The average molecular weight is 169 g/mol. The van der Waals surface area contributed by atoms with Gasteiger partial charge in [0.25, 0.3) is 0 Å². The Labute approximate surface area is 70.0 Å². The molecule has 2 rings (SSSR count). The molecule has 60 valence electrons. The number of ether oxygens (including phenoxy) is 1. The molecular weight excluding hydrogens is 158 g/mol. The molecule has 2 nitrogen and oxygen atoms in total. The largest absolute Gasteiger partial charge is 0.372 e. The SMILES string of the molecule is NC[C@@H]1OCCc2sccc21. The predicted octanol–water partition coefficient (Wildman–Crippen LogP) is 1.32. The lowest BCUT2D eigenvalue weighted by atomic mass is 10.1. The van der Waals surface area contributed by atoms with Gasteiger partial charge in [0.05, 0.1) is 12.7 Å². The van der Waals surface area contributed by atoms with Crippen molar-refractivity contribution in [2.75, 3.05) is 13.2 Å². The van der Waals surface area contributed by atoms with Crippen LogP contribution in [0, 0.1) is 0 Å². The quantitative estimate of drug-likeness (QED) is 0.688. The van der Waals surface area contributed by atoms with Gasteiger partial charge in [0.15, 0.2) is 0 Å². The number of nitrogens with two attached hydrogens (primary N) is 1. The first-order valence-electron chi connectivity index (χ1n) is 3.79. The highest BCUT2D eigenvalue weighted by Gasteiger charge is 2.19. The van der Waals surface area contributed by atoms with Gasteiger partial charge in [-0.3, -0.25) is 0 Å². The van der Waals surface area contributed by atoms with E-state index in [4.69, 9.17) is 10.5 Å². The van der Waals surface area contributed by atoms with Crippen LogP contribution in [0.5, 0.6) is 0 Å². The van der Waals surface area contributed by atoms with Crippen LogP contribution in [0.1, 0.15) is 16.5 Å². The lowest BCUT2D eigenvalue weighted by Gasteiger charge is -2.21. The smallest absolute Gasteiger partial charge is 0.0957 e. The summed E-state index contributed by atoms with van der Waals surface area (Å²) in [6, 6.07) is 2.12. The third-order valence-electron chi connectivity index (χ3n) is 1.99. The van der Waals surface area contributed by atoms with Crippen molar-refractivity contribution in [2.24, 2.45) is 5.73 Å². The molecule has 1 aromatic heterocycles. The lowest BCUT2D eigenvalue weighted by molar-refractivity contribution is 0.0498. The number of fused-ring (bicyclic) bond motifs is 1. The zero-order chi connectivity index (χ0) is 7.68. The van der Waals surface area contributed by atoms with E-state index >= 15 is 0 Å². The van der Waals surface area contributed by atoms with Gasteiger partial charge in [0.2, 0.25) is 0 Å². The number of thiophene rings is 1. The van der Waals surface area contributed by atoms with Gasteiger partial charge in [-0.15, -0.1) is 11.3 Å². The van der Waals surface area contributed by atoms with E-state index in [0.717, 1.165) is 13.0 Å². The van der Waals surface area contributed by atoms with Gasteiger partial charge < -0.3 is 10.5 Å². The second-order valence-electron chi connectivity index (χ2n) is 2.64. The van der Waals surface area contributed by atoms with Crippen molar-refractivity contribution in [1.29, 1.82) is 0 Å². The predicted molar refractivity (Wildman–Crippen MR) is 45.8 cm³/mol. The number of hydrogen-bond acceptors (Lipinski definition) is 3. The molecule has 2 N–H and O–H groups in total. The lowest BCUT2D eigenvalue weighted by Crippen LogP contribution is -2.21. The summed E-state index contributed by atoms with van der Waals surface area (Å²) in [6.45, 7) is 1.43. The molecule has 0 radical (unpaired) electrons. The van der Waals surface area contributed by atoms with E-state index in [1.54, 1.807) is 0 Å². The number of rotatable bonds is 1. The van der Waals surface area contributed by atoms with Gasteiger partial charge in [-0.05, 0) is 17.0 Å². The topological polar surface area (TPSA) is 35.2 Å². The van der Waals surface area contributed by atoms with Crippen LogP contribution in [0.3, 0.4) is 0 Å². The molecule has 1 aliphatic heterocycles. The van der Waals surface area contributed by atoms with Crippen molar-refractivity contribution in [3.05, 3.63) is 21.9 Å². The molecule has 0 bridgehead atoms. The minimum absolute atomic E-state index is 0.157. The van der Waals surface area contributed by atoms with Gasteiger partial charge in [-0.2, -0.15) is 0 Å². The van der Waals surface area contributed by atoms with E-state index < -0.39 is 0 Å². The summed E-state index contributed by atoms with van der Waals surface area (Å²) in [5, 5.41) is 2.11. The molecule has 0 spiro atoms. The monoisotopic (exact) mass is 169 g/mol. The Bertz CT molecular complexity index is 246. The van der Waals surface area contributed by atoms with Crippen LogP contribution < -0.4 is 5.73 Å². The van der Waals surface area contributed by atoms with Gasteiger partial charge >= 0.3 is 0 Å². The van der Waals surface area contributed by atoms with Crippen molar-refractivity contribution < 1.29 is 4.74 Å². The highest BCUT2D eigenvalue weighted by molar-refractivity contribution is 7.10. The minimum Gasteiger partial charge on any atom is -0.372 e. The van der Waals surface area contributed by atoms with Crippen LogP contribution in [0.2, 0.25) is 0 Å². The summed E-state index contributed by atoms with van der Waals surface area (Å²) in [5.74, 6) is 0. The summed E-state index contributed by atoms with van der Waals surface area (Å²) >= 11 is 1.81. The first kappa shape index (κ1) is 7.28. The van der Waals surface area contributed by atoms with Crippen LogP contribution >= 0.6 is 11.3 Å². The normalized spacial score (nSPS) is 23.2. The molecular formula is C8H11NOS. The zero-order valence-corrected chi connectivity index (χ0v) is 7.06. The Morgan fingerprint density at radius 1 is 1.73 bits per heavy atom. The van der Waals surface area contributed by atoms with Gasteiger partial charge in [0.1, 0.15) is 0 Å². The Balaban J connectivity index is 2.32. The van der Waals surface area contributed by atoms with Crippen LogP contribution in [-0.4, -0.2) is 13.2 Å². The van der Waals surface area contributed by atoms with E-state index in [0.29, 0.717) is 6.54 Å². The van der Waals surface area contributed by atoms with Crippen LogP contribution in [0.25, 0.3) is 0 Å². The van der Waals surface area contributed by atoms with Crippen molar-refractivity contribution in [3.8, 4) is 0 Å². The molecule has 1 aliphatic rings. The second-order valence-corrected chi connectivity index (χ2v) is 3.64. The van der Waals surface area contributed by atoms with Crippen molar-refractivity contribution in [1.82, 2.24) is 0 Å². The maximum absolute atomic E-state index is 5.56. The van der Waals surface area contributed by atoms with E-state index in [1.807, 2.05) is 11.3 Å². The fourth-order valence-corrected chi connectivity index (χ4v) is 2.33. The fourth-order valence-electron chi connectivity index (χ4n) is 1.42. The minimum atomic E-state index is 0.157. The van der Waals surface area contributed by atoms with Crippen molar-refractivity contribution in [2.45, 2.75) is 12.5 Å². The summed E-state index contributed by atoms with van der Waals surface area (Å²) in [5.41, 5.74) is 6.87. The van der Waals surface area contributed by atoms with E-state index in [1.165, 1.54) is 10.4 Å². The summed E-state index contributed by atoms with van der Waals surface area (Å²) in [4.78, 5) is 1.45. The fraction of sp³-hybridized carbons (Fsp3) is 0.500. The molecule has 1 aromatic rings. The maximum Gasteiger partial charge on any atom is 0.0957 e. The maximum atomic E-state index is 5.56. The molecule has 0 fully saturated rings. The molecule has 0 unspecified atom stereocenters. The molecule has 0 aliphatic carbocycles. The van der Waals surface area contributed by atoms with Gasteiger partial charge in [0, 0.05) is 17.8 Å². The zero-order valence-electron chi connectivity index (χ0n) is 6.25. The van der Waals surface area contributed by atoms with E-state index in [-0.39, 0.29) is 6.10 Å². The standard InChI is InChI=1S/C8H11NOS/c9-5-7-6-2-4-11-8(6)1-3-10-7/h2,4,7H,1,3,5,9H2/t7-/m0/s1. The van der Waals surface area contributed by atoms with Crippen molar-refractivity contribution >= 4 is 11.3 Å². The highest BCUT2D eigenvalue weighted by atomic mass is 32.1. The van der Waals surface area contributed by atoms with Crippen LogP contribution in [0.15, 0.2) is 11.4 Å². The number of hydrogen-bond donors (Lipinski definition) is 1. The third kappa shape index (κ3) is 1.20. The molecule has 0 saturated heterocycles. The molecule has 2 heterocycles. The Morgan fingerprint density at radius 2 is 2.64 bits per heavy atom. The Kier molecular flexibility index (Phi) is 1.94. The third-order valence-corrected chi connectivity index (χ3v) is 2.99. The molecule has 0 amide bonds. The Morgan fingerprint density at radius 3 is 3.45 bits per heavy atom. The molecule has 11 heavy (non-hydrogen) atoms. The first-order valence-corrected chi connectivity index (χ1v) is 4.67. The van der Waals surface area contributed by atoms with Gasteiger partial charge in [-0.1, -0.05) is 0 Å². The van der Waals surface area contributed by atoms with Crippen LogP contribution in [0.4, 0.5) is 0 Å². The summed E-state index contributed by atoms with van der Waals surface area (Å²) in [7, 11) is 0. The molecule has 3 heteroatoms. The van der Waals surface area contributed by atoms with Gasteiger partial charge in [-0.25, -0.2) is 0 Å². The Hall–Kier alpha value is -0.380. The molecule has 0 saturated carbocycles. The van der Waals surface area contributed by atoms with E-state index in [9.17, 15) is 0 Å². The first-order chi connectivity index (χ1) is 5.42. The highest BCUT2D eigenvalue weighted by Crippen LogP contribution is 2.29. The van der Waals surface area contributed by atoms with Crippen molar-refractivity contribution in [3.63, 3.8) is 0 Å². The van der Waals surface area contributed by atoms with E-state index in [2.05, 4.69) is 11.4 Å². The average Bonchev–Trinajstić information content (AvgIpc) is 2.50. The molecule has 1 atom stereocenters. The summed E-state index contributed by atoms with van der Waals surface area (Å²) in [6.07, 6.45) is 1.22.